The maximum absolute atomic E-state index is 12.6. The third-order valence-electron chi connectivity index (χ3n) is 4.20. The van der Waals surface area contributed by atoms with Gasteiger partial charge in [-0.25, -0.2) is 4.98 Å². The van der Waals surface area contributed by atoms with Crippen molar-refractivity contribution in [2.45, 2.75) is 25.9 Å². The molecule has 1 aliphatic heterocycles. The molecule has 1 unspecified atom stereocenters. The van der Waals surface area contributed by atoms with Crippen molar-refractivity contribution >= 4 is 22.6 Å². The van der Waals surface area contributed by atoms with Crippen LogP contribution in [0.1, 0.15) is 30.8 Å². The molecule has 0 spiro atoms. The van der Waals surface area contributed by atoms with E-state index in [0.29, 0.717) is 25.2 Å². The number of anilines is 1. The largest absolute Gasteiger partial charge is 0.378 e. The Labute approximate surface area is 145 Å². The number of aromatic nitrogens is 2. The molecule has 24 heavy (non-hydrogen) atoms. The lowest BCUT2D eigenvalue weighted by Gasteiger charge is -2.24. The highest BCUT2D eigenvalue weighted by Gasteiger charge is 2.26. The van der Waals surface area contributed by atoms with Crippen molar-refractivity contribution in [2.24, 2.45) is 0 Å². The quantitative estimate of drug-likeness (QED) is 0.915. The zero-order valence-corrected chi connectivity index (χ0v) is 14.6. The van der Waals surface area contributed by atoms with Gasteiger partial charge in [0, 0.05) is 44.1 Å². The standard InChI is InChI=1S/C17H22N4O2S/c1-2-14-18-17(24-19-14)21-10-6-9-20(11-12-21)16(23)15(22)13-7-4-3-5-8-13/h3-5,7-8,15,22H,2,6,9-12H2,1H3. The van der Waals surface area contributed by atoms with Crippen molar-refractivity contribution in [3.05, 3.63) is 41.7 Å². The van der Waals surface area contributed by atoms with E-state index in [1.807, 2.05) is 25.1 Å². The highest BCUT2D eigenvalue weighted by atomic mass is 32.1. The van der Waals surface area contributed by atoms with Crippen LogP contribution in [-0.2, 0) is 11.2 Å². The molecule has 1 aromatic carbocycles. The van der Waals surface area contributed by atoms with Crippen LogP contribution >= 0.6 is 11.5 Å². The van der Waals surface area contributed by atoms with E-state index in [9.17, 15) is 9.90 Å². The molecule has 128 valence electrons. The van der Waals surface area contributed by atoms with Crippen LogP contribution in [0.15, 0.2) is 30.3 Å². The van der Waals surface area contributed by atoms with Crippen LogP contribution in [0.4, 0.5) is 5.13 Å². The predicted octanol–water partition coefficient (Wildman–Crippen LogP) is 1.87. The molecular weight excluding hydrogens is 324 g/mol. The van der Waals surface area contributed by atoms with Crippen molar-refractivity contribution in [3.8, 4) is 0 Å². The van der Waals surface area contributed by atoms with Crippen molar-refractivity contribution in [2.75, 3.05) is 31.1 Å². The molecule has 3 rings (SSSR count). The van der Waals surface area contributed by atoms with E-state index in [0.717, 1.165) is 30.3 Å². The Hall–Kier alpha value is -1.99. The van der Waals surface area contributed by atoms with E-state index in [1.54, 1.807) is 17.0 Å². The first kappa shape index (κ1) is 16.9. The normalized spacial score (nSPS) is 16.8. The van der Waals surface area contributed by atoms with E-state index in [-0.39, 0.29) is 5.91 Å². The predicted molar refractivity (Wildman–Crippen MR) is 94.1 cm³/mol. The Morgan fingerprint density at radius 3 is 2.75 bits per heavy atom. The molecule has 1 amide bonds. The highest BCUT2D eigenvalue weighted by molar-refractivity contribution is 7.09. The van der Waals surface area contributed by atoms with Crippen LogP contribution in [0.2, 0.25) is 0 Å². The van der Waals surface area contributed by atoms with E-state index < -0.39 is 6.10 Å². The summed E-state index contributed by atoms with van der Waals surface area (Å²) in [6, 6.07) is 9.09. The van der Waals surface area contributed by atoms with E-state index in [1.165, 1.54) is 11.5 Å². The number of hydrogen-bond acceptors (Lipinski definition) is 6. The number of aliphatic hydroxyl groups is 1. The highest BCUT2D eigenvalue weighted by Crippen LogP contribution is 2.21. The van der Waals surface area contributed by atoms with Gasteiger partial charge >= 0.3 is 0 Å². The molecule has 1 aromatic heterocycles. The van der Waals surface area contributed by atoms with Gasteiger partial charge in [-0.05, 0) is 12.0 Å². The Morgan fingerprint density at radius 2 is 2.04 bits per heavy atom. The van der Waals surface area contributed by atoms with E-state index in [4.69, 9.17) is 0 Å². The Balaban J connectivity index is 1.63. The van der Waals surface area contributed by atoms with Crippen LogP contribution in [0.3, 0.4) is 0 Å². The smallest absolute Gasteiger partial charge is 0.256 e. The van der Waals surface area contributed by atoms with Gasteiger partial charge in [-0.1, -0.05) is 37.3 Å². The van der Waals surface area contributed by atoms with Crippen molar-refractivity contribution < 1.29 is 9.90 Å². The molecular formula is C17H22N4O2S. The number of hydrogen-bond donors (Lipinski definition) is 1. The first-order valence-electron chi connectivity index (χ1n) is 8.28. The van der Waals surface area contributed by atoms with Crippen LogP contribution < -0.4 is 4.90 Å². The number of aryl methyl sites for hydroxylation is 1. The zero-order chi connectivity index (χ0) is 16.9. The molecule has 1 aliphatic rings. The molecule has 1 atom stereocenters. The molecule has 6 nitrogen and oxygen atoms in total. The van der Waals surface area contributed by atoms with Gasteiger partial charge in [-0.15, -0.1) is 0 Å². The first-order chi connectivity index (χ1) is 11.7. The van der Waals surface area contributed by atoms with Crippen LogP contribution in [0, 0.1) is 0 Å². The number of aliphatic hydroxyl groups excluding tert-OH is 1. The maximum atomic E-state index is 12.6. The first-order valence-corrected chi connectivity index (χ1v) is 9.05. The topological polar surface area (TPSA) is 69.6 Å². The minimum atomic E-state index is -1.09. The van der Waals surface area contributed by atoms with Crippen LogP contribution in [0.5, 0.6) is 0 Å². The lowest BCUT2D eigenvalue weighted by molar-refractivity contribution is -0.140. The van der Waals surface area contributed by atoms with Crippen LogP contribution in [-0.4, -0.2) is 51.5 Å². The van der Waals surface area contributed by atoms with Gasteiger partial charge in [-0.3, -0.25) is 4.79 Å². The molecule has 7 heteroatoms. The SMILES string of the molecule is CCc1nsc(N2CCCN(C(=O)C(O)c3ccccc3)CC2)n1. The average Bonchev–Trinajstić information content (AvgIpc) is 2.98. The second-order valence-corrected chi connectivity index (χ2v) is 6.56. The van der Waals surface area contributed by atoms with Crippen molar-refractivity contribution in [1.82, 2.24) is 14.3 Å². The number of rotatable bonds is 4. The Morgan fingerprint density at radius 1 is 1.25 bits per heavy atom. The number of carbonyl (C=O) groups excluding carboxylic acids is 1. The third kappa shape index (κ3) is 3.73. The molecule has 0 saturated carbocycles. The van der Waals surface area contributed by atoms with Gasteiger partial charge in [0.15, 0.2) is 6.10 Å². The Kier molecular flexibility index (Phi) is 5.42. The molecule has 1 fully saturated rings. The lowest BCUT2D eigenvalue weighted by Crippen LogP contribution is -2.38. The average molecular weight is 346 g/mol. The van der Waals surface area contributed by atoms with Gasteiger partial charge in [0.25, 0.3) is 5.91 Å². The van der Waals surface area contributed by atoms with Gasteiger partial charge in [-0.2, -0.15) is 4.37 Å². The maximum Gasteiger partial charge on any atom is 0.256 e. The molecule has 0 aliphatic carbocycles. The van der Waals surface area contributed by atoms with Crippen LogP contribution in [0.25, 0.3) is 0 Å². The van der Waals surface area contributed by atoms with Gasteiger partial charge in [0.2, 0.25) is 5.13 Å². The summed E-state index contributed by atoms with van der Waals surface area (Å²) in [4.78, 5) is 21.0. The summed E-state index contributed by atoms with van der Waals surface area (Å²) in [6.45, 7) is 4.84. The molecule has 1 N–H and O–H groups in total. The second kappa shape index (κ2) is 7.72. The van der Waals surface area contributed by atoms with Gasteiger partial charge in [0.05, 0.1) is 0 Å². The second-order valence-electron chi connectivity index (χ2n) is 5.83. The minimum Gasteiger partial charge on any atom is -0.378 e. The number of nitrogens with zero attached hydrogens (tertiary/aromatic N) is 4. The number of benzene rings is 1. The van der Waals surface area contributed by atoms with Crippen molar-refractivity contribution in [1.29, 1.82) is 0 Å². The van der Waals surface area contributed by atoms with E-state index in [2.05, 4.69) is 14.3 Å². The van der Waals surface area contributed by atoms with Crippen molar-refractivity contribution in [3.63, 3.8) is 0 Å². The molecule has 2 heterocycles. The number of amides is 1. The third-order valence-corrected chi connectivity index (χ3v) is 5.02. The summed E-state index contributed by atoms with van der Waals surface area (Å²) in [5.74, 6) is 0.640. The molecule has 0 radical (unpaired) electrons. The summed E-state index contributed by atoms with van der Waals surface area (Å²) < 4.78 is 4.33. The summed E-state index contributed by atoms with van der Waals surface area (Å²) in [5.41, 5.74) is 0.639. The molecule has 2 aromatic rings. The monoisotopic (exact) mass is 346 g/mol. The zero-order valence-electron chi connectivity index (χ0n) is 13.8. The molecule has 0 bridgehead atoms. The Bertz CT molecular complexity index is 676. The molecule has 1 saturated heterocycles. The summed E-state index contributed by atoms with van der Waals surface area (Å²) >= 11 is 1.41. The fourth-order valence-corrected chi connectivity index (χ4v) is 3.60. The fourth-order valence-electron chi connectivity index (χ4n) is 2.80. The minimum absolute atomic E-state index is 0.227. The summed E-state index contributed by atoms with van der Waals surface area (Å²) in [7, 11) is 0. The number of carbonyl (C=O) groups is 1. The van der Waals surface area contributed by atoms with Gasteiger partial charge in [0.1, 0.15) is 5.82 Å². The van der Waals surface area contributed by atoms with Gasteiger partial charge < -0.3 is 14.9 Å². The fraction of sp³-hybridized carbons (Fsp3) is 0.471. The summed E-state index contributed by atoms with van der Waals surface area (Å²) in [5, 5.41) is 11.2. The lowest BCUT2D eigenvalue weighted by atomic mass is 10.1. The summed E-state index contributed by atoms with van der Waals surface area (Å²) in [6.07, 6.45) is 0.595. The van der Waals surface area contributed by atoms with E-state index >= 15 is 0 Å².